The molecule has 2 heterocycles. The highest BCUT2D eigenvalue weighted by Gasteiger charge is 2.18. The number of oxazole rings is 1. The molecule has 0 N–H and O–H groups in total. The van der Waals surface area contributed by atoms with Gasteiger partial charge in [0, 0.05) is 34.4 Å². The minimum atomic E-state index is 0.586. The zero-order chi connectivity index (χ0) is 22.0. The number of anilines is 3. The zero-order valence-electron chi connectivity index (χ0n) is 17.9. The lowest BCUT2D eigenvalue weighted by molar-refractivity contribution is 0.596. The number of nitrogens with zero attached hydrogens (tertiary/aromatic N) is 3. The molecule has 6 rings (SSSR count). The maximum absolute atomic E-state index is 5.60. The topological polar surface area (TPSA) is 33.7 Å². The van der Waals surface area contributed by atoms with E-state index in [1.807, 2.05) is 40.9 Å². The van der Waals surface area contributed by atoms with Crippen LogP contribution in [0.4, 0.5) is 17.1 Å². The minimum Gasteiger partial charge on any atom is -0.432 e. The molecule has 0 aliphatic heterocycles. The van der Waals surface area contributed by atoms with Crippen molar-refractivity contribution < 1.29 is 4.42 Å². The summed E-state index contributed by atoms with van der Waals surface area (Å²) in [4.78, 5) is 7.01. The summed E-state index contributed by atoms with van der Waals surface area (Å²) < 4.78 is 7.61. The Bertz CT molecular complexity index is 1450. The van der Waals surface area contributed by atoms with E-state index < -0.39 is 0 Å². The van der Waals surface area contributed by atoms with Crippen LogP contribution in [0.2, 0.25) is 0 Å². The van der Waals surface area contributed by atoms with Gasteiger partial charge >= 0.3 is 5.84 Å². The molecule has 158 valence electrons. The average Bonchev–Trinajstić information content (AvgIpc) is 3.48. The van der Waals surface area contributed by atoms with Crippen LogP contribution in [-0.4, -0.2) is 9.38 Å². The molecule has 0 radical (unpaired) electrons. The Hall–Kier alpha value is -4.57. The van der Waals surface area contributed by atoms with E-state index >= 15 is 0 Å². The number of imidazole rings is 1. The Balaban J connectivity index is 1.47. The van der Waals surface area contributed by atoms with E-state index in [0.29, 0.717) is 5.84 Å². The monoisotopic (exact) mass is 427 g/mol. The first kappa shape index (κ1) is 19.1. The van der Waals surface area contributed by atoms with Crippen molar-refractivity contribution in [3.05, 3.63) is 128 Å². The molecule has 0 saturated heterocycles. The Labute approximate surface area is 192 Å². The number of aromatic nitrogens is 2. The molecule has 4 nitrogen and oxygen atoms in total. The third-order valence-corrected chi connectivity index (χ3v) is 5.74. The average molecular weight is 428 g/mol. The second-order valence-electron chi connectivity index (χ2n) is 7.78. The summed E-state index contributed by atoms with van der Waals surface area (Å²) in [6.07, 6.45) is 3.58. The van der Waals surface area contributed by atoms with Crippen molar-refractivity contribution in [2.45, 2.75) is 0 Å². The van der Waals surface area contributed by atoms with Gasteiger partial charge in [-0.25, -0.2) is 0 Å². The zero-order valence-corrected chi connectivity index (χ0v) is 17.9. The van der Waals surface area contributed by atoms with Crippen molar-refractivity contribution in [3.63, 3.8) is 0 Å². The standard InChI is InChI=1S/C29H21N3O/c1-4-10-22(11-5-1)27-28(31-20-21-33-29(31)30-27)23-16-18-26(19-17-23)32(24-12-6-2-7-13-24)25-14-8-3-9-15-25/h1-21H. The van der Waals surface area contributed by atoms with Crippen LogP contribution < -0.4 is 4.90 Å². The lowest BCUT2D eigenvalue weighted by Gasteiger charge is -2.25. The summed E-state index contributed by atoms with van der Waals surface area (Å²) in [5.74, 6) is 0.586. The molecule has 6 aromatic rings. The molecule has 4 heteroatoms. The van der Waals surface area contributed by atoms with Crippen LogP contribution in [0.25, 0.3) is 28.4 Å². The molecule has 0 aliphatic rings. The minimum absolute atomic E-state index is 0.586. The summed E-state index contributed by atoms with van der Waals surface area (Å²) in [6, 6.07) is 39.7. The fraction of sp³-hybridized carbons (Fsp3) is 0. The van der Waals surface area contributed by atoms with E-state index in [2.05, 4.69) is 89.8 Å². The predicted octanol–water partition coefficient (Wildman–Crippen LogP) is 7.73. The van der Waals surface area contributed by atoms with Crippen LogP contribution in [0.1, 0.15) is 0 Å². The van der Waals surface area contributed by atoms with Crippen molar-refractivity contribution in [2.75, 3.05) is 4.90 Å². The fourth-order valence-corrected chi connectivity index (χ4v) is 4.23. The Morgan fingerprint density at radius 2 is 1.12 bits per heavy atom. The normalized spacial score (nSPS) is 11.0. The highest BCUT2D eigenvalue weighted by molar-refractivity contribution is 5.83. The van der Waals surface area contributed by atoms with E-state index in [-0.39, 0.29) is 0 Å². The number of para-hydroxylation sites is 2. The highest BCUT2D eigenvalue weighted by atomic mass is 16.3. The quantitative estimate of drug-likeness (QED) is 0.282. The summed E-state index contributed by atoms with van der Waals surface area (Å²) in [5.41, 5.74) is 7.38. The molecule has 33 heavy (non-hydrogen) atoms. The molecule has 0 spiro atoms. The molecule has 0 fully saturated rings. The van der Waals surface area contributed by atoms with Crippen LogP contribution >= 0.6 is 0 Å². The van der Waals surface area contributed by atoms with Crippen LogP contribution in [0.5, 0.6) is 0 Å². The van der Waals surface area contributed by atoms with Crippen molar-refractivity contribution in [1.82, 2.24) is 9.38 Å². The van der Waals surface area contributed by atoms with E-state index in [9.17, 15) is 0 Å². The van der Waals surface area contributed by atoms with Gasteiger partial charge in [0.15, 0.2) is 0 Å². The van der Waals surface area contributed by atoms with Gasteiger partial charge in [-0.15, -0.1) is 0 Å². The molecule has 0 saturated carbocycles. The van der Waals surface area contributed by atoms with Crippen LogP contribution in [0.3, 0.4) is 0 Å². The SMILES string of the molecule is c1ccc(-c2nc3occn3c2-c2ccc(N(c3ccccc3)c3ccccc3)cc2)cc1. The molecule has 0 bridgehead atoms. The molecular formula is C29H21N3O. The van der Waals surface area contributed by atoms with Crippen LogP contribution in [-0.2, 0) is 0 Å². The first-order valence-electron chi connectivity index (χ1n) is 10.9. The van der Waals surface area contributed by atoms with Gasteiger partial charge in [0.2, 0.25) is 0 Å². The molecular weight excluding hydrogens is 406 g/mol. The van der Waals surface area contributed by atoms with Gasteiger partial charge < -0.3 is 9.32 Å². The van der Waals surface area contributed by atoms with Crippen LogP contribution in [0.15, 0.2) is 132 Å². The van der Waals surface area contributed by atoms with Crippen molar-refractivity contribution in [3.8, 4) is 22.5 Å². The maximum atomic E-state index is 5.60. The summed E-state index contributed by atoms with van der Waals surface area (Å²) in [6.45, 7) is 0. The predicted molar refractivity (Wildman–Crippen MR) is 133 cm³/mol. The second-order valence-corrected chi connectivity index (χ2v) is 7.78. The van der Waals surface area contributed by atoms with E-state index in [1.54, 1.807) is 6.26 Å². The number of fused-ring (bicyclic) bond motifs is 1. The smallest absolute Gasteiger partial charge is 0.306 e. The molecule has 4 aromatic carbocycles. The first-order chi connectivity index (χ1) is 16.4. The lowest BCUT2D eigenvalue weighted by atomic mass is 10.0. The number of benzene rings is 4. The van der Waals surface area contributed by atoms with Gasteiger partial charge in [0.1, 0.15) is 12.0 Å². The maximum Gasteiger partial charge on any atom is 0.306 e. The summed E-state index contributed by atoms with van der Waals surface area (Å²) >= 11 is 0. The van der Waals surface area contributed by atoms with Crippen molar-refractivity contribution in [2.24, 2.45) is 0 Å². The van der Waals surface area contributed by atoms with Gasteiger partial charge in [0.05, 0.1) is 5.69 Å². The third kappa shape index (κ3) is 3.48. The molecule has 0 atom stereocenters. The summed E-state index contributed by atoms with van der Waals surface area (Å²) in [5, 5.41) is 0. The van der Waals surface area contributed by atoms with Gasteiger partial charge in [-0.3, -0.25) is 4.40 Å². The van der Waals surface area contributed by atoms with Gasteiger partial charge in [-0.2, -0.15) is 4.98 Å². The molecule has 2 aromatic heterocycles. The number of hydrogen-bond donors (Lipinski definition) is 0. The van der Waals surface area contributed by atoms with E-state index in [0.717, 1.165) is 39.6 Å². The lowest BCUT2D eigenvalue weighted by Crippen LogP contribution is -2.09. The molecule has 0 unspecified atom stereocenters. The van der Waals surface area contributed by atoms with Gasteiger partial charge in [-0.1, -0.05) is 78.9 Å². The first-order valence-corrected chi connectivity index (χ1v) is 10.9. The van der Waals surface area contributed by atoms with Crippen LogP contribution in [0, 0.1) is 0 Å². The van der Waals surface area contributed by atoms with Crippen molar-refractivity contribution in [1.29, 1.82) is 0 Å². The fourth-order valence-electron chi connectivity index (χ4n) is 4.23. The highest BCUT2D eigenvalue weighted by Crippen LogP contribution is 2.37. The molecule has 0 aliphatic carbocycles. The number of rotatable bonds is 5. The number of hydrogen-bond acceptors (Lipinski definition) is 3. The third-order valence-electron chi connectivity index (χ3n) is 5.74. The Kier molecular flexibility index (Phi) is 4.74. The van der Waals surface area contributed by atoms with Gasteiger partial charge in [0.25, 0.3) is 0 Å². The Morgan fingerprint density at radius 3 is 1.73 bits per heavy atom. The largest absolute Gasteiger partial charge is 0.432 e. The van der Waals surface area contributed by atoms with Crippen molar-refractivity contribution >= 4 is 22.9 Å². The van der Waals surface area contributed by atoms with E-state index in [4.69, 9.17) is 9.40 Å². The molecule has 0 amide bonds. The Morgan fingerprint density at radius 1 is 0.576 bits per heavy atom. The second kappa shape index (κ2) is 8.17. The summed E-state index contributed by atoms with van der Waals surface area (Å²) in [7, 11) is 0. The van der Waals surface area contributed by atoms with E-state index in [1.165, 1.54) is 0 Å². The van der Waals surface area contributed by atoms with Gasteiger partial charge in [-0.05, 0) is 36.4 Å².